The Balaban J connectivity index is 1.86. The third-order valence-electron chi connectivity index (χ3n) is 3.91. The molecule has 2 aliphatic rings. The van der Waals surface area contributed by atoms with Gasteiger partial charge in [-0.1, -0.05) is 0 Å². The molecule has 6 heteroatoms. The fourth-order valence-electron chi connectivity index (χ4n) is 2.91. The number of nitrogens with zero attached hydrogens (tertiary/aromatic N) is 1. The minimum Gasteiger partial charge on any atom is -0.382 e. The molecule has 2 aliphatic heterocycles. The van der Waals surface area contributed by atoms with E-state index in [-0.39, 0.29) is 12.6 Å². The number of nitrogens with one attached hydrogen (secondary N) is 1. The normalized spacial score (nSPS) is 35.3. The van der Waals surface area contributed by atoms with Gasteiger partial charge in [-0.25, -0.2) is 0 Å². The standard InChI is InChI=1S/C11H19F3N2O/c1-16(6-10(17)11(12,13)14)9-4-7-2-3-8(5-9)15-7/h7-10,15,17H,2-6H2,1H3. The minimum atomic E-state index is -4.51. The lowest BCUT2D eigenvalue weighted by molar-refractivity contribution is -0.208. The lowest BCUT2D eigenvalue weighted by Crippen LogP contribution is -2.50. The van der Waals surface area contributed by atoms with Gasteiger partial charge in [-0.3, -0.25) is 0 Å². The molecule has 2 rings (SSSR count). The Morgan fingerprint density at radius 1 is 1.29 bits per heavy atom. The fraction of sp³-hybridized carbons (Fsp3) is 1.00. The number of alkyl halides is 3. The second kappa shape index (κ2) is 4.74. The number of aliphatic hydroxyl groups excluding tert-OH is 1. The van der Waals surface area contributed by atoms with Gasteiger partial charge in [0.25, 0.3) is 0 Å². The average molecular weight is 252 g/mol. The first-order chi connectivity index (χ1) is 7.86. The number of rotatable bonds is 3. The highest BCUT2D eigenvalue weighted by atomic mass is 19.4. The first kappa shape index (κ1) is 13.1. The maximum atomic E-state index is 12.3. The molecule has 2 fully saturated rings. The molecule has 0 aromatic heterocycles. The Morgan fingerprint density at radius 3 is 2.29 bits per heavy atom. The largest absolute Gasteiger partial charge is 0.415 e. The van der Waals surface area contributed by atoms with Crippen LogP contribution in [0.5, 0.6) is 0 Å². The van der Waals surface area contributed by atoms with E-state index >= 15 is 0 Å². The molecule has 0 radical (unpaired) electrons. The molecule has 0 aromatic rings. The van der Waals surface area contributed by atoms with E-state index in [9.17, 15) is 13.2 Å². The lowest BCUT2D eigenvalue weighted by atomic mass is 9.98. The predicted molar refractivity (Wildman–Crippen MR) is 57.7 cm³/mol. The molecule has 0 aliphatic carbocycles. The van der Waals surface area contributed by atoms with Gasteiger partial charge in [-0.05, 0) is 32.7 Å². The van der Waals surface area contributed by atoms with Crippen molar-refractivity contribution in [3.05, 3.63) is 0 Å². The van der Waals surface area contributed by atoms with Crippen LogP contribution in [0.15, 0.2) is 0 Å². The van der Waals surface area contributed by atoms with Crippen LogP contribution in [0.2, 0.25) is 0 Å². The number of hydrogen-bond acceptors (Lipinski definition) is 3. The molecule has 17 heavy (non-hydrogen) atoms. The predicted octanol–water partition coefficient (Wildman–Crippen LogP) is 1.12. The molecule has 2 saturated heterocycles. The molecule has 100 valence electrons. The van der Waals surface area contributed by atoms with Gasteiger partial charge in [0.05, 0.1) is 0 Å². The van der Waals surface area contributed by atoms with Crippen molar-refractivity contribution >= 4 is 0 Å². The average Bonchev–Trinajstić information content (AvgIpc) is 2.56. The number of aliphatic hydroxyl groups is 1. The van der Waals surface area contributed by atoms with E-state index in [1.165, 1.54) is 0 Å². The topological polar surface area (TPSA) is 35.5 Å². The lowest BCUT2D eigenvalue weighted by Gasteiger charge is -2.36. The van der Waals surface area contributed by atoms with Gasteiger partial charge in [-0.15, -0.1) is 0 Å². The molecule has 0 saturated carbocycles. The number of likely N-dealkylation sites (N-methyl/N-ethyl adjacent to an activating group) is 1. The quantitative estimate of drug-likeness (QED) is 0.790. The van der Waals surface area contributed by atoms with Crippen LogP contribution >= 0.6 is 0 Å². The first-order valence-corrected chi connectivity index (χ1v) is 6.07. The van der Waals surface area contributed by atoms with Crippen molar-refractivity contribution in [2.75, 3.05) is 13.6 Å². The van der Waals surface area contributed by atoms with Gasteiger partial charge in [0.1, 0.15) is 0 Å². The highest BCUT2D eigenvalue weighted by Crippen LogP contribution is 2.30. The summed E-state index contributed by atoms with van der Waals surface area (Å²) in [6.45, 7) is -0.326. The molecular weight excluding hydrogens is 233 g/mol. The first-order valence-electron chi connectivity index (χ1n) is 6.07. The summed E-state index contributed by atoms with van der Waals surface area (Å²) in [6, 6.07) is 1.05. The highest BCUT2D eigenvalue weighted by molar-refractivity contribution is 4.95. The van der Waals surface area contributed by atoms with E-state index in [1.807, 2.05) is 0 Å². The van der Waals surface area contributed by atoms with Gasteiger partial charge < -0.3 is 15.3 Å². The number of piperidine rings is 1. The fourth-order valence-corrected chi connectivity index (χ4v) is 2.91. The van der Waals surface area contributed by atoms with Crippen molar-refractivity contribution in [2.45, 2.75) is 56.1 Å². The summed E-state index contributed by atoms with van der Waals surface area (Å²) >= 11 is 0. The Bertz CT molecular complexity index is 260. The molecule has 3 nitrogen and oxygen atoms in total. The molecule has 0 aromatic carbocycles. The maximum Gasteiger partial charge on any atom is 0.415 e. The van der Waals surface area contributed by atoms with E-state index in [4.69, 9.17) is 5.11 Å². The summed E-state index contributed by atoms with van der Waals surface area (Å²) in [7, 11) is 1.67. The third-order valence-corrected chi connectivity index (χ3v) is 3.91. The summed E-state index contributed by atoms with van der Waals surface area (Å²) in [5.74, 6) is 0. The summed E-state index contributed by atoms with van der Waals surface area (Å²) in [5, 5.41) is 12.5. The van der Waals surface area contributed by atoms with Crippen molar-refractivity contribution in [3.63, 3.8) is 0 Å². The van der Waals surface area contributed by atoms with Crippen molar-refractivity contribution in [2.24, 2.45) is 0 Å². The van der Waals surface area contributed by atoms with Crippen LogP contribution in [0.1, 0.15) is 25.7 Å². The van der Waals surface area contributed by atoms with Crippen LogP contribution in [0.25, 0.3) is 0 Å². The zero-order valence-corrected chi connectivity index (χ0v) is 9.87. The van der Waals surface area contributed by atoms with Crippen LogP contribution in [-0.4, -0.2) is 54.0 Å². The monoisotopic (exact) mass is 252 g/mol. The third kappa shape index (κ3) is 3.11. The molecule has 2 bridgehead atoms. The van der Waals surface area contributed by atoms with Crippen LogP contribution < -0.4 is 5.32 Å². The smallest absolute Gasteiger partial charge is 0.382 e. The van der Waals surface area contributed by atoms with Crippen molar-refractivity contribution in [1.82, 2.24) is 10.2 Å². The second-order valence-electron chi connectivity index (χ2n) is 5.26. The van der Waals surface area contributed by atoms with E-state index in [0.29, 0.717) is 12.1 Å². The molecule has 0 amide bonds. The molecule has 2 heterocycles. The Kier molecular flexibility index (Phi) is 3.66. The molecule has 3 unspecified atom stereocenters. The number of hydrogen-bond donors (Lipinski definition) is 2. The van der Waals surface area contributed by atoms with Crippen LogP contribution in [0, 0.1) is 0 Å². The molecular formula is C11H19F3N2O. The van der Waals surface area contributed by atoms with Gasteiger partial charge in [0, 0.05) is 24.7 Å². The van der Waals surface area contributed by atoms with Gasteiger partial charge in [-0.2, -0.15) is 13.2 Å². The maximum absolute atomic E-state index is 12.3. The van der Waals surface area contributed by atoms with Crippen LogP contribution in [-0.2, 0) is 0 Å². The number of fused-ring (bicyclic) bond motifs is 2. The van der Waals surface area contributed by atoms with Crippen LogP contribution in [0.4, 0.5) is 13.2 Å². The van der Waals surface area contributed by atoms with Crippen molar-refractivity contribution < 1.29 is 18.3 Å². The van der Waals surface area contributed by atoms with Gasteiger partial charge >= 0.3 is 6.18 Å². The van der Waals surface area contributed by atoms with E-state index in [1.54, 1.807) is 11.9 Å². The molecule has 0 spiro atoms. The van der Waals surface area contributed by atoms with Crippen molar-refractivity contribution in [1.29, 1.82) is 0 Å². The molecule has 2 N–H and O–H groups in total. The Morgan fingerprint density at radius 2 is 1.82 bits per heavy atom. The zero-order valence-electron chi connectivity index (χ0n) is 9.87. The zero-order chi connectivity index (χ0) is 12.6. The summed E-state index contributed by atoms with van der Waals surface area (Å²) in [6.07, 6.45) is -2.73. The van der Waals surface area contributed by atoms with Crippen LogP contribution in [0.3, 0.4) is 0 Å². The SMILES string of the molecule is CN(CC(O)C(F)(F)F)C1CC2CCC(C1)N2. The minimum absolute atomic E-state index is 0.158. The Labute approximate surface area is 99.0 Å². The second-order valence-corrected chi connectivity index (χ2v) is 5.26. The molecule has 3 atom stereocenters. The van der Waals surface area contributed by atoms with Gasteiger partial charge in [0.15, 0.2) is 6.10 Å². The van der Waals surface area contributed by atoms with Crippen molar-refractivity contribution in [3.8, 4) is 0 Å². The summed E-state index contributed by atoms with van der Waals surface area (Å²) in [4.78, 5) is 1.66. The van der Waals surface area contributed by atoms with Gasteiger partial charge in [0.2, 0.25) is 0 Å². The van der Waals surface area contributed by atoms with E-state index < -0.39 is 12.3 Å². The van der Waals surface area contributed by atoms with E-state index in [2.05, 4.69) is 5.32 Å². The summed E-state index contributed by atoms with van der Waals surface area (Å²) in [5.41, 5.74) is 0. The Hall–Kier alpha value is -0.330. The highest BCUT2D eigenvalue weighted by Gasteiger charge is 2.41. The number of halogens is 3. The summed E-state index contributed by atoms with van der Waals surface area (Å²) < 4.78 is 36.8. The van der Waals surface area contributed by atoms with E-state index in [0.717, 1.165) is 25.7 Å².